The van der Waals surface area contributed by atoms with Gasteiger partial charge < -0.3 is 10.3 Å². The lowest BCUT2D eigenvalue weighted by molar-refractivity contribution is 0.808. The van der Waals surface area contributed by atoms with E-state index in [1.54, 1.807) is 0 Å². The molecule has 0 aliphatic rings. The number of nitrogens with zero attached hydrogens (tertiary/aromatic N) is 2. The van der Waals surface area contributed by atoms with Crippen LogP contribution in [0.15, 0.2) is 54.9 Å². The quantitative estimate of drug-likeness (QED) is 0.791. The molecular formula is C18H19N3. The summed E-state index contributed by atoms with van der Waals surface area (Å²) in [5, 5.41) is 0. The molecule has 0 saturated heterocycles. The third-order valence-corrected chi connectivity index (χ3v) is 3.71. The molecule has 0 fully saturated rings. The first-order valence-electron chi connectivity index (χ1n) is 7.07. The van der Waals surface area contributed by atoms with Crippen molar-refractivity contribution < 1.29 is 0 Å². The van der Waals surface area contributed by atoms with Crippen LogP contribution in [0, 0.1) is 13.8 Å². The molecule has 3 rings (SSSR count). The average molecular weight is 277 g/mol. The number of anilines is 1. The first kappa shape index (κ1) is 13.4. The molecule has 3 nitrogen and oxygen atoms in total. The number of aryl methyl sites for hydroxylation is 2. The number of hydrogen-bond acceptors (Lipinski definition) is 2. The Morgan fingerprint density at radius 1 is 1.05 bits per heavy atom. The van der Waals surface area contributed by atoms with Crippen LogP contribution >= 0.6 is 0 Å². The van der Waals surface area contributed by atoms with Gasteiger partial charge in [-0.2, -0.15) is 0 Å². The van der Waals surface area contributed by atoms with Crippen molar-refractivity contribution in [2.75, 3.05) is 5.73 Å². The number of nitrogens with two attached hydrogens (primary N) is 1. The molecule has 0 saturated carbocycles. The van der Waals surface area contributed by atoms with E-state index >= 15 is 0 Å². The van der Waals surface area contributed by atoms with Crippen LogP contribution in [0.25, 0.3) is 11.3 Å². The van der Waals surface area contributed by atoms with E-state index in [4.69, 9.17) is 5.73 Å². The van der Waals surface area contributed by atoms with Crippen LogP contribution in [-0.4, -0.2) is 9.55 Å². The fraction of sp³-hybridized carbons (Fsp3) is 0.167. The smallest absolute Gasteiger partial charge is 0.131 e. The summed E-state index contributed by atoms with van der Waals surface area (Å²) in [6.45, 7) is 4.93. The van der Waals surface area contributed by atoms with Gasteiger partial charge in [0.05, 0.1) is 12.9 Å². The molecule has 106 valence electrons. The second-order valence-electron chi connectivity index (χ2n) is 5.41. The zero-order valence-corrected chi connectivity index (χ0v) is 12.4. The highest BCUT2D eigenvalue weighted by atomic mass is 15.1. The molecule has 3 aromatic rings. The highest BCUT2D eigenvalue weighted by Crippen LogP contribution is 2.28. The molecule has 0 unspecified atom stereocenters. The Hall–Kier alpha value is -2.55. The van der Waals surface area contributed by atoms with Crippen LogP contribution in [0.1, 0.15) is 16.7 Å². The zero-order valence-electron chi connectivity index (χ0n) is 12.4. The summed E-state index contributed by atoms with van der Waals surface area (Å²) >= 11 is 0. The third kappa shape index (κ3) is 2.68. The molecule has 1 heterocycles. The van der Waals surface area contributed by atoms with Gasteiger partial charge in [0.15, 0.2) is 0 Å². The molecule has 2 aromatic carbocycles. The van der Waals surface area contributed by atoms with Crippen LogP contribution in [0.3, 0.4) is 0 Å². The fourth-order valence-corrected chi connectivity index (χ4v) is 2.58. The van der Waals surface area contributed by atoms with Gasteiger partial charge in [-0.1, -0.05) is 54.1 Å². The first-order valence-corrected chi connectivity index (χ1v) is 7.07. The van der Waals surface area contributed by atoms with Crippen LogP contribution in [0.4, 0.5) is 5.82 Å². The Kier molecular flexibility index (Phi) is 3.48. The van der Waals surface area contributed by atoms with Crippen molar-refractivity contribution in [2.24, 2.45) is 0 Å². The first-order chi connectivity index (χ1) is 10.1. The van der Waals surface area contributed by atoms with Crippen molar-refractivity contribution in [3.63, 3.8) is 0 Å². The number of rotatable bonds is 3. The monoisotopic (exact) mass is 277 g/mol. The Labute approximate surface area is 125 Å². The van der Waals surface area contributed by atoms with Crippen LogP contribution in [0.5, 0.6) is 0 Å². The molecular weight excluding hydrogens is 258 g/mol. The van der Waals surface area contributed by atoms with E-state index in [-0.39, 0.29) is 0 Å². The predicted octanol–water partition coefficient (Wildman–Crippen LogP) is 3.80. The van der Waals surface area contributed by atoms with Gasteiger partial charge in [0, 0.05) is 5.56 Å². The van der Waals surface area contributed by atoms with Crippen molar-refractivity contribution in [3.8, 4) is 11.3 Å². The number of imidazole rings is 1. The Morgan fingerprint density at radius 3 is 2.52 bits per heavy atom. The van der Waals surface area contributed by atoms with Crippen molar-refractivity contribution in [3.05, 3.63) is 71.5 Å². The van der Waals surface area contributed by atoms with Crippen LogP contribution < -0.4 is 5.73 Å². The van der Waals surface area contributed by atoms with Crippen LogP contribution in [-0.2, 0) is 6.54 Å². The van der Waals surface area contributed by atoms with E-state index in [0.29, 0.717) is 5.82 Å². The summed E-state index contributed by atoms with van der Waals surface area (Å²) in [5.74, 6) is 0.714. The predicted molar refractivity (Wildman–Crippen MR) is 87.1 cm³/mol. The second-order valence-corrected chi connectivity index (χ2v) is 5.41. The molecule has 0 bridgehead atoms. The molecule has 1 aromatic heterocycles. The van der Waals surface area contributed by atoms with E-state index in [0.717, 1.165) is 17.8 Å². The van der Waals surface area contributed by atoms with E-state index in [1.165, 1.54) is 16.7 Å². The van der Waals surface area contributed by atoms with Gasteiger partial charge in [0.25, 0.3) is 0 Å². The molecule has 2 N–H and O–H groups in total. The van der Waals surface area contributed by atoms with Gasteiger partial charge in [-0.25, -0.2) is 4.98 Å². The number of benzene rings is 2. The van der Waals surface area contributed by atoms with Gasteiger partial charge in [-0.15, -0.1) is 0 Å². The molecule has 0 aliphatic carbocycles. The van der Waals surface area contributed by atoms with E-state index < -0.39 is 0 Å². The topological polar surface area (TPSA) is 43.8 Å². The summed E-state index contributed by atoms with van der Waals surface area (Å²) in [5.41, 5.74) is 11.9. The Morgan fingerprint density at radius 2 is 1.81 bits per heavy atom. The fourth-order valence-electron chi connectivity index (χ4n) is 2.58. The van der Waals surface area contributed by atoms with E-state index in [2.05, 4.69) is 49.2 Å². The highest BCUT2D eigenvalue weighted by molar-refractivity contribution is 5.73. The second kappa shape index (κ2) is 5.44. The molecule has 3 heteroatoms. The molecule has 0 spiro atoms. The van der Waals surface area contributed by atoms with Crippen molar-refractivity contribution in [1.29, 1.82) is 0 Å². The third-order valence-electron chi connectivity index (χ3n) is 3.71. The summed E-state index contributed by atoms with van der Waals surface area (Å²) in [6, 6.07) is 16.6. The SMILES string of the molecule is Cc1ccc(-c2ncn(Cc3ccccc3)c2N)c(C)c1. The largest absolute Gasteiger partial charge is 0.383 e. The molecule has 0 radical (unpaired) electrons. The van der Waals surface area contributed by atoms with Crippen LogP contribution in [0.2, 0.25) is 0 Å². The maximum absolute atomic E-state index is 6.29. The summed E-state index contributed by atoms with van der Waals surface area (Å²) in [6.07, 6.45) is 1.82. The molecule has 21 heavy (non-hydrogen) atoms. The normalized spacial score (nSPS) is 10.8. The number of hydrogen-bond donors (Lipinski definition) is 1. The maximum Gasteiger partial charge on any atom is 0.131 e. The summed E-state index contributed by atoms with van der Waals surface area (Å²) < 4.78 is 1.99. The minimum Gasteiger partial charge on any atom is -0.383 e. The van der Waals surface area contributed by atoms with Gasteiger partial charge in [-0.3, -0.25) is 0 Å². The lowest BCUT2D eigenvalue weighted by atomic mass is 10.0. The van der Waals surface area contributed by atoms with Gasteiger partial charge in [0.2, 0.25) is 0 Å². The minimum absolute atomic E-state index is 0.714. The minimum atomic E-state index is 0.714. The number of aromatic nitrogens is 2. The van der Waals surface area contributed by atoms with Crippen molar-refractivity contribution >= 4 is 5.82 Å². The standard InChI is InChI=1S/C18H19N3/c1-13-8-9-16(14(2)10-13)17-18(19)21(12-20-17)11-15-6-4-3-5-7-15/h3-10,12H,11,19H2,1-2H3. The van der Waals surface area contributed by atoms with E-state index in [1.807, 2.05) is 29.1 Å². The highest BCUT2D eigenvalue weighted by Gasteiger charge is 2.12. The van der Waals surface area contributed by atoms with Gasteiger partial charge in [-0.05, 0) is 25.0 Å². The molecule has 0 atom stereocenters. The molecule has 0 aliphatic heterocycles. The summed E-state index contributed by atoms with van der Waals surface area (Å²) in [4.78, 5) is 4.51. The summed E-state index contributed by atoms with van der Waals surface area (Å²) in [7, 11) is 0. The van der Waals surface area contributed by atoms with Crippen molar-refractivity contribution in [2.45, 2.75) is 20.4 Å². The Bertz CT molecular complexity index is 757. The van der Waals surface area contributed by atoms with Gasteiger partial charge in [0.1, 0.15) is 11.5 Å². The maximum atomic E-state index is 6.29. The van der Waals surface area contributed by atoms with Gasteiger partial charge >= 0.3 is 0 Å². The lowest BCUT2D eigenvalue weighted by Crippen LogP contribution is -2.03. The average Bonchev–Trinajstić information content (AvgIpc) is 2.82. The lowest BCUT2D eigenvalue weighted by Gasteiger charge is -2.08. The zero-order chi connectivity index (χ0) is 14.8. The van der Waals surface area contributed by atoms with Crippen molar-refractivity contribution in [1.82, 2.24) is 9.55 Å². The Balaban J connectivity index is 1.96. The number of nitrogen functional groups attached to an aromatic ring is 1. The molecule has 0 amide bonds. The van der Waals surface area contributed by atoms with E-state index in [9.17, 15) is 0 Å².